The molecule has 1 aliphatic heterocycles. The number of benzene rings is 1. The van der Waals surface area contributed by atoms with Gasteiger partial charge in [-0.3, -0.25) is 4.40 Å². The van der Waals surface area contributed by atoms with Crippen LogP contribution in [0.1, 0.15) is 27.2 Å². The largest absolute Gasteiger partial charge is 0.476 e. The minimum Gasteiger partial charge on any atom is -0.476 e. The first-order valence-electron chi connectivity index (χ1n) is 7.97. The number of aromatic carboxylic acids is 1. The van der Waals surface area contributed by atoms with Gasteiger partial charge in [0.05, 0.1) is 5.69 Å². The van der Waals surface area contributed by atoms with E-state index in [0.29, 0.717) is 17.9 Å². The van der Waals surface area contributed by atoms with E-state index in [1.807, 2.05) is 6.07 Å². The molecule has 6 nitrogen and oxygen atoms in total. The van der Waals surface area contributed by atoms with Gasteiger partial charge in [0, 0.05) is 25.5 Å². The number of aromatic nitrogens is 2. The third-order valence-electron chi connectivity index (χ3n) is 4.48. The number of carboxylic acid groups (broad SMARTS) is 1. The molecule has 4 rings (SSSR count). The molecule has 3 heterocycles. The summed E-state index contributed by atoms with van der Waals surface area (Å²) in [5, 5.41) is 16.3. The Balaban J connectivity index is 1.66. The van der Waals surface area contributed by atoms with Gasteiger partial charge in [0.25, 0.3) is 0 Å². The van der Waals surface area contributed by atoms with Crippen LogP contribution in [-0.4, -0.2) is 27.0 Å². The van der Waals surface area contributed by atoms with Gasteiger partial charge < -0.3 is 15.7 Å². The molecule has 0 aliphatic carbocycles. The van der Waals surface area contributed by atoms with Crippen LogP contribution < -0.4 is 10.6 Å². The fourth-order valence-electron chi connectivity index (χ4n) is 3.30. The van der Waals surface area contributed by atoms with Gasteiger partial charge in [0.2, 0.25) is 0 Å². The van der Waals surface area contributed by atoms with E-state index in [9.17, 15) is 9.90 Å². The Bertz CT molecular complexity index is 917. The summed E-state index contributed by atoms with van der Waals surface area (Å²) in [6.45, 7) is 2.45. The number of nitrogens with one attached hydrogen (secondary N) is 2. The SMILES string of the molecule is O=C(O)c1c(NCc2cccc3c2CNCC3)ccc2nccn12. The van der Waals surface area contributed by atoms with Crippen molar-refractivity contribution in [3.63, 3.8) is 0 Å². The summed E-state index contributed by atoms with van der Waals surface area (Å²) in [4.78, 5) is 15.8. The summed E-state index contributed by atoms with van der Waals surface area (Å²) in [6.07, 6.45) is 4.30. The van der Waals surface area contributed by atoms with E-state index >= 15 is 0 Å². The summed E-state index contributed by atoms with van der Waals surface area (Å²) < 4.78 is 1.59. The van der Waals surface area contributed by atoms with Crippen molar-refractivity contribution in [2.45, 2.75) is 19.5 Å². The van der Waals surface area contributed by atoms with Crippen molar-refractivity contribution in [3.05, 3.63) is 65.1 Å². The standard InChI is InChI=1S/C18H18N4O2/c23-18(24)17-15(4-5-16-20-8-9-22(16)17)21-10-13-3-1-2-12-6-7-19-11-14(12)13/h1-5,8-9,19,21H,6-7,10-11H2,(H,23,24). The van der Waals surface area contributed by atoms with E-state index in [4.69, 9.17) is 0 Å². The highest BCUT2D eigenvalue weighted by Gasteiger charge is 2.16. The van der Waals surface area contributed by atoms with E-state index in [0.717, 1.165) is 19.5 Å². The first-order valence-corrected chi connectivity index (χ1v) is 7.97. The van der Waals surface area contributed by atoms with Crippen LogP contribution in [0.2, 0.25) is 0 Å². The highest BCUT2D eigenvalue weighted by atomic mass is 16.4. The maximum atomic E-state index is 11.7. The van der Waals surface area contributed by atoms with Gasteiger partial charge in [-0.25, -0.2) is 9.78 Å². The second-order valence-electron chi connectivity index (χ2n) is 5.89. The number of rotatable bonds is 4. The van der Waals surface area contributed by atoms with Crippen LogP contribution >= 0.6 is 0 Å². The molecule has 0 saturated heterocycles. The lowest BCUT2D eigenvalue weighted by Crippen LogP contribution is -2.25. The van der Waals surface area contributed by atoms with Gasteiger partial charge in [-0.15, -0.1) is 0 Å². The summed E-state index contributed by atoms with van der Waals surface area (Å²) in [5.41, 5.74) is 5.30. The highest BCUT2D eigenvalue weighted by Crippen LogP contribution is 2.22. The molecular weight excluding hydrogens is 304 g/mol. The van der Waals surface area contributed by atoms with Gasteiger partial charge in [0.1, 0.15) is 5.65 Å². The molecule has 6 heteroatoms. The van der Waals surface area contributed by atoms with Crippen molar-refractivity contribution in [2.24, 2.45) is 0 Å². The van der Waals surface area contributed by atoms with Crippen LogP contribution in [0, 0.1) is 0 Å². The van der Waals surface area contributed by atoms with Crippen molar-refractivity contribution < 1.29 is 9.90 Å². The molecule has 0 saturated carbocycles. The zero-order valence-corrected chi connectivity index (χ0v) is 13.1. The second-order valence-corrected chi connectivity index (χ2v) is 5.89. The molecule has 0 fully saturated rings. The molecule has 122 valence electrons. The van der Waals surface area contributed by atoms with E-state index < -0.39 is 5.97 Å². The quantitative estimate of drug-likeness (QED) is 0.687. The Morgan fingerprint density at radius 3 is 3.12 bits per heavy atom. The predicted octanol–water partition coefficient (Wildman–Crippen LogP) is 2.29. The lowest BCUT2D eigenvalue weighted by Gasteiger charge is -2.21. The second kappa shape index (κ2) is 5.98. The van der Waals surface area contributed by atoms with Crippen molar-refractivity contribution >= 4 is 17.3 Å². The monoisotopic (exact) mass is 322 g/mol. The lowest BCUT2D eigenvalue weighted by molar-refractivity contribution is 0.0690. The number of hydrogen-bond acceptors (Lipinski definition) is 4. The predicted molar refractivity (Wildman–Crippen MR) is 91.3 cm³/mol. The average molecular weight is 322 g/mol. The zero-order chi connectivity index (χ0) is 16.5. The molecule has 3 aromatic rings. The third-order valence-corrected chi connectivity index (χ3v) is 4.48. The topological polar surface area (TPSA) is 78.7 Å². The number of hydrogen-bond donors (Lipinski definition) is 3. The van der Waals surface area contributed by atoms with Gasteiger partial charge in [-0.05, 0) is 41.8 Å². The summed E-state index contributed by atoms with van der Waals surface area (Å²) in [6, 6.07) is 9.92. The van der Waals surface area contributed by atoms with Crippen molar-refractivity contribution in [3.8, 4) is 0 Å². The number of carbonyl (C=O) groups is 1. The number of carboxylic acids is 1. The fourth-order valence-corrected chi connectivity index (χ4v) is 3.30. The van der Waals surface area contributed by atoms with Crippen molar-refractivity contribution in [2.75, 3.05) is 11.9 Å². The molecule has 1 aliphatic rings. The first kappa shape index (κ1) is 14.7. The van der Waals surface area contributed by atoms with Crippen LogP contribution in [-0.2, 0) is 19.5 Å². The molecule has 0 amide bonds. The number of nitrogens with zero attached hydrogens (tertiary/aromatic N) is 2. The van der Waals surface area contributed by atoms with Crippen LogP contribution in [0.3, 0.4) is 0 Å². The van der Waals surface area contributed by atoms with E-state index in [2.05, 4.69) is 33.8 Å². The molecule has 2 aromatic heterocycles. The molecule has 1 aromatic carbocycles. The average Bonchev–Trinajstić information content (AvgIpc) is 3.07. The Kier molecular flexibility index (Phi) is 3.66. The van der Waals surface area contributed by atoms with Crippen LogP contribution in [0.25, 0.3) is 5.65 Å². The number of fused-ring (bicyclic) bond motifs is 2. The first-order chi connectivity index (χ1) is 11.7. The molecule has 3 N–H and O–H groups in total. The fraction of sp³-hybridized carbons (Fsp3) is 0.222. The molecule has 0 radical (unpaired) electrons. The molecule has 0 bridgehead atoms. The lowest BCUT2D eigenvalue weighted by atomic mass is 9.96. The van der Waals surface area contributed by atoms with E-state index in [1.54, 1.807) is 22.9 Å². The van der Waals surface area contributed by atoms with Crippen LogP contribution in [0.4, 0.5) is 5.69 Å². The van der Waals surface area contributed by atoms with Gasteiger partial charge in [-0.2, -0.15) is 0 Å². The summed E-state index contributed by atoms with van der Waals surface area (Å²) in [7, 11) is 0. The van der Waals surface area contributed by atoms with Crippen molar-refractivity contribution in [1.29, 1.82) is 0 Å². The molecule has 0 unspecified atom stereocenters. The van der Waals surface area contributed by atoms with E-state index in [1.165, 1.54) is 16.7 Å². The zero-order valence-electron chi connectivity index (χ0n) is 13.1. The molecule has 24 heavy (non-hydrogen) atoms. The third kappa shape index (κ3) is 2.51. The smallest absolute Gasteiger partial charge is 0.355 e. The molecule has 0 atom stereocenters. The van der Waals surface area contributed by atoms with Gasteiger partial charge in [-0.1, -0.05) is 18.2 Å². The maximum Gasteiger partial charge on any atom is 0.355 e. The molecular formula is C18H18N4O2. The van der Waals surface area contributed by atoms with E-state index in [-0.39, 0.29) is 5.69 Å². The highest BCUT2D eigenvalue weighted by molar-refractivity contribution is 5.93. The van der Waals surface area contributed by atoms with Crippen LogP contribution in [0.15, 0.2) is 42.7 Å². The maximum absolute atomic E-state index is 11.7. The number of pyridine rings is 1. The summed E-state index contributed by atoms with van der Waals surface area (Å²) in [5.74, 6) is -0.974. The van der Waals surface area contributed by atoms with Gasteiger partial charge >= 0.3 is 5.97 Å². The molecule has 0 spiro atoms. The minimum atomic E-state index is -0.974. The summed E-state index contributed by atoms with van der Waals surface area (Å²) >= 11 is 0. The van der Waals surface area contributed by atoms with Crippen LogP contribution in [0.5, 0.6) is 0 Å². The normalized spacial score (nSPS) is 13.7. The Hall–Kier alpha value is -2.86. The van der Waals surface area contributed by atoms with Crippen molar-refractivity contribution in [1.82, 2.24) is 14.7 Å². The Morgan fingerprint density at radius 2 is 2.25 bits per heavy atom. The Morgan fingerprint density at radius 1 is 1.33 bits per heavy atom. The number of anilines is 1. The Labute approximate surface area is 139 Å². The minimum absolute atomic E-state index is 0.202. The number of imidazole rings is 1. The van der Waals surface area contributed by atoms with Gasteiger partial charge in [0.15, 0.2) is 5.69 Å².